The van der Waals surface area contributed by atoms with Crippen LogP contribution < -0.4 is 0 Å². The maximum Gasteiger partial charge on any atom is 0.289 e. The van der Waals surface area contributed by atoms with Gasteiger partial charge in [-0.05, 0) is 68.4 Å². The van der Waals surface area contributed by atoms with Crippen molar-refractivity contribution >= 4 is 22.8 Å². The van der Waals surface area contributed by atoms with Gasteiger partial charge in [-0.2, -0.15) is 0 Å². The fraction of sp³-hybridized carbons (Fsp3) is 0.583. The van der Waals surface area contributed by atoms with Crippen molar-refractivity contribution in [1.82, 2.24) is 9.80 Å². The minimum atomic E-state index is -0.0837. The van der Waals surface area contributed by atoms with Crippen LogP contribution in [0, 0.1) is 23.2 Å². The summed E-state index contributed by atoms with van der Waals surface area (Å²) in [6.07, 6.45) is 7.38. The molecule has 0 N–H and O–H groups in total. The molecular weight excluding hydrogens is 364 g/mol. The van der Waals surface area contributed by atoms with Gasteiger partial charge in [0.15, 0.2) is 5.76 Å². The Labute approximate surface area is 171 Å². The summed E-state index contributed by atoms with van der Waals surface area (Å²) in [5, 5.41) is 0.950. The molecule has 7 rings (SSSR count). The molecule has 0 spiro atoms. The molecule has 4 aliphatic carbocycles. The molecular formula is C24H28N2O3. The van der Waals surface area contributed by atoms with Gasteiger partial charge in [0.25, 0.3) is 5.91 Å². The average Bonchev–Trinajstić information content (AvgIpc) is 3.16. The number of furan rings is 1. The minimum absolute atomic E-state index is 0.0666. The molecule has 0 atom stereocenters. The number of carbonyl (C=O) groups excluding carboxylic acids is 2. The van der Waals surface area contributed by atoms with E-state index in [4.69, 9.17) is 4.42 Å². The van der Waals surface area contributed by atoms with Gasteiger partial charge in [0.2, 0.25) is 5.91 Å². The summed E-state index contributed by atoms with van der Waals surface area (Å²) in [4.78, 5) is 30.3. The van der Waals surface area contributed by atoms with Crippen molar-refractivity contribution in [2.75, 3.05) is 26.2 Å². The lowest BCUT2D eigenvalue weighted by Crippen LogP contribution is -2.58. The van der Waals surface area contributed by atoms with Crippen LogP contribution in [0.15, 0.2) is 34.7 Å². The molecule has 1 aromatic carbocycles. The SMILES string of the molecule is O=C(c1cc2ccccc2o1)N1CCN(C(=O)C23CC4CC(CC(C4)C2)C3)CC1. The molecule has 0 radical (unpaired) electrons. The lowest BCUT2D eigenvalue weighted by Gasteiger charge is -2.57. The van der Waals surface area contributed by atoms with Gasteiger partial charge in [0.05, 0.1) is 5.41 Å². The molecule has 29 heavy (non-hydrogen) atoms. The highest BCUT2D eigenvalue weighted by Gasteiger charge is 2.55. The highest BCUT2D eigenvalue weighted by atomic mass is 16.3. The van der Waals surface area contributed by atoms with E-state index in [0.717, 1.165) is 48.0 Å². The van der Waals surface area contributed by atoms with E-state index < -0.39 is 0 Å². The zero-order valence-electron chi connectivity index (χ0n) is 16.8. The Morgan fingerprint density at radius 3 is 2.07 bits per heavy atom. The average molecular weight is 392 g/mol. The number of carbonyl (C=O) groups is 2. The molecule has 1 aromatic heterocycles. The Balaban J connectivity index is 1.13. The van der Waals surface area contributed by atoms with E-state index in [-0.39, 0.29) is 11.3 Å². The molecule has 4 saturated carbocycles. The largest absolute Gasteiger partial charge is 0.451 e. The predicted octanol–water partition coefficient (Wildman–Crippen LogP) is 3.93. The maximum atomic E-state index is 13.5. The fourth-order valence-electron chi connectivity index (χ4n) is 7.06. The predicted molar refractivity (Wildman–Crippen MR) is 109 cm³/mol. The Morgan fingerprint density at radius 2 is 1.45 bits per heavy atom. The molecule has 0 unspecified atom stereocenters. The van der Waals surface area contributed by atoms with Gasteiger partial charge >= 0.3 is 0 Å². The standard InChI is InChI=1S/C24H28N2O3/c27-22(21-12-19-3-1-2-4-20(19)29-21)25-5-7-26(8-6-25)23(28)24-13-16-9-17(14-24)11-18(10-16)15-24/h1-4,12,16-18H,5-11,13-15H2. The third kappa shape index (κ3) is 2.81. The molecule has 5 fully saturated rings. The van der Waals surface area contributed by atoms with Gasteiger partial charge < -0.3 is 14.2 Å². The van der Waals surface area contributed by atoms with E-state index in [1.807, 2.05) is 35.2 Å². The Bertz CT molecular complexity index is 901. The number of piperazine rings is 1. The van der Waals surface area contributed by atoms with Gasteiger partial charge in [0, 0.05) is 31.6 Å². The molecule has 2 aromatic rings. The summed E-state index contributed by atoms with van der Waals surface area (Å²) in [6.45, 7) is 2.47. The zero-order chi connectivity index (χ0) is 19.6. The number of benzene rings is 1. The molecule has 5 aliphatic rings. The van der Waals surface area contributed by atoms with Gasteiger partial charge in [-0.25, -0.2) is 0 Å². The number of hydrogen-bond donors (Lipinski definition) is 0. The van der Waals surface area contributed by atoms with Crippen LogP contribution in [0.3, 0.4) is 0 Å². The van der Waals surface area contributed by atoms with Crippen molar-refractivity contribution in [3.8, 4) is 0 Å². The maximum absolute atomic E-state index is 13.5. The highest BCUT2D eigenvalue weighted by molar-refractivity contribution is 5.96. The van der Waals surface area contributed by atoms with E-state index in [9.17, 15) is 9.59 Å². The molecule has 1 saturated heterocycles. The monoisotopic (exact) mass is 392 g/mol. The van der Waals surface area contributed by atoms with Crippen LogP contribution in [0.2, 0.25) is 0 Å². The molecule has 152 valence electrons. The van der Waals surface area contributed by atoms with Crippen LogP contribution in [0.4, 0.5) is 0 Å². The first kappa shape index (κ1) is 17.5. The lowest BCUT2D eigenvalue weighted by atomic mass is 9.49. The van der Waals surface area contributed by atoms with Crippen molar-refractivity contribution in [3.05, 3.63) is 36.1 Å². The fourth-order valence-corrected chi connectivity index (χ4v) is 7.06. The zero-order valence-corrected chi connectivity index (χ0v) is 16.8. The van der Waals surface area contributed by atoms with E-state index in [1.54, 1.807) is 0 Å². The number of rotatable bonds is 2. The summed E-state index contributed by atoms with van der Waals surface area (Å²) in [7, 11) is 0. The number of nitrogens with zero attached hydrogens (tertiary/aromatic N) is 2. The first-order chi connectivity index (χ1) is 14.1. The van der Waals surface area contributed by atoms with Crippen LogP contribution in [-0.2, 0) is 4.79 Å². The van der Waals surface area contributed by atoms with Gasteiger partial charge in [-0.3, -0.25) is 9.59 Å². The van der Waals surface area contributed by atoms with Gasteiger partial charge in [0.1, 0.15) is 5.58 Å². The summed E-state index contributed by atoms with van der Waals surface area (Å²) in [5.41, 5.74) is 0.658. The number of amides is 2. The van der Waals surface area contributed by atoms with Crippen molar-refractivity contribution in [3.63, 3.8) is 0 Å². The molecule has 5 heteroatoms. The van der Waals surface area contributed by atoms with Crippen LogP contribution >= 0.6 is 0 Å². The second-order valence-corrected chi connectivity index (χ2v) is 9.93. The van der Waals surface area contributed by atoms with Crippen molar-refractivity contribution < 1.29 is 14.0 Å². The second kappa shape index (κ2) is 6.35. The number of fused-ring (bicyclic) bond motifs is 1. The summed E-state index contributed by atoms with van der Waals surface area (Å²) < 4.78 is 5.75. The van der Waals surface area contributed by atoms with Crippen molar-refractivity contribution in [1.29, 1.82) is 0 Å². The third-order valence-electron chi connectivity index (χ3n) is 7.98. The van der Waals surface area contributed by atoms with Crippen LogP contribution in [0.1, 0.15) is 49.1 Å². The van der Waals surface area contributed by atoms with E-state index in [1.165, 1.54) is 19.3 Å². The van der Waals surface area contributed by atoms with E-state index in [0.29, 0.717) is 37.8 Å². The van der Waals surface area contributed by atoms with Crippen LogP contribution in [-0.4, -0.2) is 47.8 Å². The Morgan fingerprint density at radius 1 is 0.862 bits per heavy atom. The first-order valence-corrected chi connectivity index (χ1v) is 11.2. The molecule has 1 aliphatic heterocycles. The molecule has 5 nitrogen and oxygen atoms in total. The van der Waals surface area contributed by atoms with Crippen LogP contribution in [0.5, 0.6) is 0 Å². The Hall–Kier alpha value is -2.30. The quantitative estimate of drug-likeness (QED) is 0.778. The third-order valence-corrected chi connectivity index (χ3v) is 7.98. The normalized spacial score (nSPS) is 33.4. The Kier molecular flexibility index (Phi) is 3.84. The van der Waals surface area contributed by atoms with Crippen molar-refractivity contribution in [2.45, 2.75) is 38.5 Å². The van der Waals surface area contributed by atoms with E-state index >= 15 is 0 Å². The lowest BCUT2D eigenvalue weighted by molar-refractivity contribution is -0.159. The molecule has 4 bridgehead atoms. The van der Waals surface area contributed by atoms with Crippen LogP contribution in [0.25, 0.3) is 11.0 Å². The number of para-hydroxylation sites is 1. The number of hydrogen-bond acceptors (Lipinski definition) is 3. The van der Waals surface area contributed by atoms with Gasteiger partial charge in [-0.1, -0.05) is 18.2 Å². The van der Waals surface area contributed by atoms with Gasteiger partial charge in [-0.15, -0.1) is 0 Å². The molecule has 2 heterocycles. The topological polar surface area (TPSA) is 53.8 Å². The second-order valence-electron chi connectivity index (χ2n) is 9.93. The summed E-state index contributed by atoms with van der Waals surface area (Å²) in [6, 6.07) is 9.52. The highest BCUT2D eigenvalue weighted by Crippen LogP contribution is 2.60. The first-order valence-electron chi connectivity index (χ1n) is 11.2. The minimum Gasteiger partial charge on any atom is -0.451 e. The van der Waals surface area contributed by atoms with E-state index in [2.05, 4.69) is 4.90 Å². The van der Waals surface area contributed by atoms with Crippen molar-refractivity contribution in [2.24, 2.45) is 23.2 Å². The summed E-state index contributed by atoms with van der Waals surface area (Å²) >= 11 is 0. The summed E-state index contributed by atoms with van der Waals surface area (Å²) in [5.74, 6) is 3.05. The smallest absolute Gasteiger partial charge is 0.289 e. The molecule has 2 amide bonds.